The first-order chi connectivity index (χ1) is 9.50. The van der Waals surface area contributed by atoms with Gasteiger partial charge < -0.3 is 21.1 Å². The van der Waals surface area contributed by atoms with Crippen LogP contribution in [-0.2, 0) is 10.7 Å². The Labute approximate surface area is 115 Å². The largest absolute Gasteiger partial charge is 0.489 e. The highest BCUT2D eigenvalue weighted by Gasteiger charge is 2.59. The normalized spacial score (nSPS) is 12.2. The fourth-order valence-electron chi connectivity index (χ4n) is 1.50. The van der Waals surface area contributed by atoms with Gasteiger partial charge in [-0.15, -0.1) is 0 Å². The van der Waals surface area contributed by atoms with E-state index in [2.05, 4.69) is 5.32 Å². The molecule has 0 aliphatic rings. The summed E-state index contributed by atoms with van der Waals surface area (Å²) in [5.74, 6) is -6.01. The molecule has 11 heteroatoms. The molecule has 0 saturated heterocycles. The Morgan fingerprint density at radius 3 is 2.24 bits per heavy atom. The maximum absolute atomic E-state index is 13.3. The number of nitrogens with one attached hydrogen (secondary N) is 1. The molecule has 0 atom stereocenters. The average Bonchev–Trinajstić information content (AvgIpc) is 2.36. The fourth-order valence-corrected chi connectivity index (χ4v) is 1.50. The fraction of sp³-hybridized carbons (Fsp3) is 0.300. The van der Waals surface area contributed by atoms with Gasteiger partial charge in [-0.05, 0) is 17.6 Å². The van der Waals surface area contributed by atoms with Crippen molar-refractivity contribution in [3.05, 3.63) is 23.8 Å². The highest BCUT2D eigenvalue weighted by Crippen LogP contribution is 2.43. The van der Waals surface area contributed by atoms with Gasteiger partial charge in [0, 0.05) is 11.3 Å². The van der Waals surface area contributed by atoms with Crippen molar-refractivity contribution in [3.8, 4) is 0 Å². The molecular formula is C10H10BF5N2O3. The predicted octanol–water partition coefficient (Wildman–Crippen LogP) is -0.0823. The standard InChI is InChI=1S/C10H10BF5N2O3/c12-9(13,10(14,15)16)6-2-1-5(18-8(19)4-17)3-7(6)11(20)21/h1-3,20-21H,4,17H2,(H,18,19). The Hall–Kier alpha value is -1.72. The van der Waals surface area contributed by atoms with Crippen molar-refractivity contribution in [2.45, 2.75) is 12.1 Å². The van der Waals surface area contributed by atoms with Crippen LogP contribution in [0, 0.1) is 0 Å². The van der Waals surface area contributed by atoms with Crippen molar-refractivity contribution in [2.75, 3.05) is 11.9 Å². The third kappa shape index (κ3) is 3.68. The van der Waals surface area contributed by atoms with Crippen LogP contribution in [0.25, 0.3) is 0 Å². The Morgan fingerprint density at radius 1 is 1.24 bits per heavy atom. The molecule has 1 amide bonds. The van der Waals surface area contributed by atoms with Gasteiger partial charge in [0.2, 0.25) is 5.91 Å². The quantitative estimate of drug-likeness (QED) is 0.462. The summed E-state index contributed by atoms with van der Waals surface area (Å²) < 4.78 is 63.6. The summed E-state index contributed by atoms with van der Waals surface area (Å²) in [4.78, 5) is 11.0. The highest BCUT2D eigenvalue weighted by molar-refractivity contribution is 6.59. The van der Waals surface area contributed by atoms with Gasteiger partial charge >= 0.3 is 19.2 Å². The highest BCUT2D eigenvalue weighted by atomic mass is 19.4. The summed E-state index contributed by atoms with van der Waals surface area (Å²) in [7, 11) is -2.58. The first-order valence-electron chi connectivity index (χ1n) is 5.45. The van der Waals surface area contributed by atoms with Crippen molar-refractivity contribution in [2.24, 2.45) is 5.73 Å². The van der Waals surface area contributed by atoms with E-state index in [0.29, 0.717) is 12.1 Å². The molecule has 0 radical (unpaired) electrons. The summed E-state index contributed by atoms with van der Waals surface area (Å²) in [6.45, 7) is -0.447. The summed E-state index contributed by atoms with van der Waals surface area (Å²) in [6, 6.07) is 1.73. The molecule has 0 aliphatic carbocycles. The molecule has 0 spiro atoms. The van der Waals surface area contributed by atoms with Crippen molar-refractivity contribution >= 4 is 24.2 Å². The zero-order chi connectivity index (χ0) is 16.4. The maximum Gasteiger partial charge on any atom is 0.489 e. The Morgan fingerprint density at radius 2 is 1.81 bits per heavy atom. The van der Waals surface area contributed by atoms with E-state index in [0.717, 1.165) is 6.07 Å². The lowest BCUT2D eigenvalue weighted by atomic mass is 9.75. The van der Waals surface area contributed by atoms with E-state index in [-0.39, 0.29) is 5.69 Å². The van der Waals surface area contributed by atoms with E-state index in [1.165, 1.54) is 0 Å². The van der Waals surface area contributed by atoms with E-state index in [9.17, 15) is 26.7 Å². The maximum atomic E-state index is 13.3. The number of hydrogen-bond acceptors (Lipinski definition) is 4. The van der Waals surface area contributed by atoms with E-state index < -0.39 is 42.7 Å². The average molecular weight is 312 g/mol. The van der Waals surface area contributed by atoms with Crippen molar-refractivity contribution < 1.29 is 36.8 Å². The number of amides is 1. The molecule has 0 bridgehead atoms. The molecule has 0 aromatic heterocycles. The number of hydrogen-bond donors (Lipinski definition) is 4. The molecule has 1 aromatic carbocycles. The van der Waals surface area contributed by atoms with Crippen molar-refractivity contribution in [1.29, 1.82) is 0 Å². The molecule has 21 heavy (non-hydrogen) atoms. The van der Waals surface area contributed by atoms with Crippen LogP contribution in [0.5, 0.6) is 0 Å². The van der Waals surface area contributed by atoms with Crippen LogP contribution in [-0.4, -0.2) is 35.8 Å². The molecule has 0 heterocycles. The number of carbonyl (C=O) groups excluding carboxylic acids is 1. The minimum Gasteiger partial charge on any atom is -0.423 e. The Bertz CT molecular complexity index is 536. The van der Waals surface area contributed by atoms with Crippen LogP contribution >= 0.6 is 0 Å². The molecule has 1 aromatic rings. The van der Waals surface area contributed by atoms with Gasteiger partial charge in [-0.3, -0.25) is 4.79 Å². The first-order valence-corrected chi connectivity index (χ1v) is 5.45. The van der Waals surface area contributed by atoms with Gasteiger partial charge in [0.1, 0.15) is 0 Å². The van der Waals surface area contributed by atoms with Crippen LogP contribution in [0.3, 0.4) is 0 Å². The minimum atomic E-state index is -5.90. The van der Waals surface area contributed by atoms with Gasteiger partial charge in [0.05, 0.1) is 6.54 Å². The number of rotatable bonds is 4. The number of anilines is 1. The molecule has 1 rings (SSSR count). The van der Waals surface area contributed by atoms with Gasteiger partial charge in [-0.25, -0.2) is 0 Å². The zero-order valence-corrected chi connectivity index (χ0v) is 10.3. The third-order valence-corrected chi connectivity index (χ3v) is 2.49. The van der Waals surface area contributed by atoms with E-state index in [4.69, 9.17) is 15.8 Å². The number of carbonyl (C=O) groups is 1. The van der Waals surface area contributed by atoms with Crippen molar-refractivity contribution in [1.82, 2.24) is 0 Å². The number of halogens is 5. The van der Waals surface area contributed by atoms with E-state index in [1.807, 2.05) is 0 Å². The van der Waals surface area contributed by atoms with Gasteiger partial charge in [-0.2, -0.15) is 22.0 Å². The topological polar surface area (TPSA) is 95.6 Å². The smallest absolute Gasteiger partial charge is 0.423 e. The first kappa shape index (κ1) is 17.3. The van der Waals surface area contributed by atoms with E-state index in [1.54, 1.807) is 0 Å². The molecule has 0 fully saturated rings. The van der Waals surface area contributed by atoms with Crippen LogP contribution in [0.4, 0.5) is 27.6 Å². The SMILES string of the molecule is NCC(=O)Nc1ccc(C(F)(F)C(F)(F)F)c(B(O)O)c1. The summed E-state index contributed by atoms with van der Waals surface area (Å²) in [6.07, 6.45) is -5.90. The Balaban J connectivity index is 3.32. The lowest BCUT2D eigenvalue weighted by Gasteiger charge is -2.23. The molecular weight excluding hydrogens is 302 g/mol. The number of nitrogens with two attached hydrogens (primary N) is 1. The summed E-state index contributed by atoms with van der Waals surface area (Å²) in [5.41, 5.74) is 2.10. The van der Waals surface area contributed by atoms with Crippen molar-refractivity contribution in [3.63, 3.8) is 0 Å². The lowest BCUT2D eigenvalue weighted by Crippen LogP contribution is -2.43. The molecule has 0 unspecified atom stereocenters. The molecule has 116 valence electrons. The monoisotopic (exact) mass is 312 g/mol. The van der Waals surface area contributed by atoms with Gasteiger partial charge in [0.25, 0.3) is 0 Å². The van der Waals surface area contributed by atoms with Crippen LogP contribution in [0.15, 0.2) is 18.2 Å². The predicted molar refractivity (Wildman–Crippen MR) is 63.9 cm³/mol. The second kappa shape index (κ2) is 5.96. The molecule has 0 saturated carbocycles. The van der Waals surface area contributed by atoms with Crippen LogP contribution in [0.1, 0.15) is 5.56 Å². The summed E-state index contributed by atoms with van der Waals surface area (Å²) >= 11 is 0. The van der Waals surface area contributed by atoms with Crippen LogP contribution < -0.4 is 16.5 Å². The second-order valence-electron chi connectivity index (χ2n) is 4.00. The molecule has 0 aliphatic heterocycles. The Kier molecular flexibility index (Phi) is 4.92. The minimum absolute atomic E-state index is 0.199. The molecule has 5 N–H and O–H groups in total. The van der Waals surface area contributed by atoms with Gasteiger partial charge in [-0.1, -0.05) is 6.07 Å². The number of alkyl halides is 5. The van der Waals surface area contributed by atoms with E-state index >= 15 is 0 Å². The zero-order valence-electron chi connectivity index (χ0n) is 10.3. The number of benzene rings is 1. The van der Waals surface area contributed by atoms with Gasteiger partial charge in [0.15, 0.2) is 0 Å². The molecule has 5 nitrogen and oxygen atoms in total. The second-order valence-corrected chi connectivity index (χ2v) is 4.00. The third-order valence-electron chi connectivity index (χ3n) is 2.49. The summed E-state index contributed by atoms with van der Waals surface area (Å²) in [5, 5.41) is 20.0. The van der Waals surface area contributed by atoms with Crippen LogP contribution in [0.2, 0.25) is 0 Å². The lowest BCUT2D eigenvalue weighted by molar-refractivity contribution is -0.289.